The zero-order chi connectivity index (χ0) is 12.5. The summed E-state index contributed by atoms with van der Waals surface area (Å²) in [5.74, 6) is 0. The van der Waals surface area contributed by atoms with Gasteiger partial charge >= 0.3 is 6.18 Å². The zero-order valence-electron chi connectivity index (χ0n) is 8.70. The predicted octanol–water partition coefficient (Wildman–Crippen LogP) is 3.35. The third-order valence-electron chi connectivity index (χ3n) is 2.26. The van der Waals surface area contributed by atoms with Crippen LogP contribution in [-0.4, -0.2) is 4.98 Å². The largest absolute Gasteiger partial charge is 0.433 e. The fraction of sp³-hybridized carbons (Fsp3) is 0.0833. The highest BCUT2D eigenvalue weighted by Crippen LogP contribution is 2.31. The van der Waals surface area contributed by atoms with E-state index < -0.39 is 11.9 Å². The molecule has 0 aliphatic heterocycles. The van der Waals surface area contributed by atoms with E-state index in [1.54, 1.807) is 30.3 Å². The number of nitrogen functional groups attached to an aromatic ring is 1. The lowest BCUT2D eigenvalue weighted by atomic mass is 10.1. The van der Waals surface area contributed by atoms with Gasteiger partial charge in [0.2, 0.25) is 0 Å². The number of hydrogen-bond donors (Lipinski definition) is 1. The number of aromatic nitrogens is 1. The van der Waals surface area contributed by atoms with Crippen LogP contribution >= 0.6 is 0 Å². The first kappa shape index (κ1) is 11.4. The minimum Gasteiger partial charge on any atom is -0.397 e. The number of anilines is 1. The van der Waals surface area contributed by atoms with Crippen LogP contribution in [0.4, 0.5) is 18.9 Å². The predicted molar refractivity (Wildman–Crippen MR) is 59.1 cm³/mol. The molecule has 0 spiro atoms. The Morgan fingerprint density at radius 1 is 0.941 bits per heavy atom. The van der Waals surface area contributed by atoms with Gasteiger partial charge in [-0.3, -0.25) is 0 Å². The van der Waals surface area contributed by atoms with E-state index >= 15 is 0 Å². The highest BCUT2D eigenvalue weighted by Gasteiger charge is 2.32. The maximum absolute atomic E-state index is 12.5. The summed E-state index contributed by atoms with van der Waals surface area (Å²) in [5.41, 5.74) is 5.64. The molecule has 2 aromatic rings. The lowest BCUT2D eigenvalue weighted by Gasteiger charge is -2.10. The summed E-state index contributed by atoms with van der Waals surface area (Å²) in [6, 6.07) is 10.6. The highest BCUT2D eigenvalue weighted by atomic mass is 19.4. The van der Waals surface area contributed by atoms with Crippen LogP contribution in [0.5, 0.6) is 0 Å². The van der Waals surface area contributed by atoms with Crippen molar-refractivity contribution in [2.75, 3.05) is 5.73 Å². The third kappa shape index (κ3) is 2.38. The number of nitrogens with two attached hydrogens (primary N) is 1. The van der Waals surface area contributed by atoms with Crippen molar-refractivity contribution in [2.24, 2.45) is 0 Å². The molecule has 2 N–H and O–H groups in total. The van der Waals surface area contributed by atoms with E-state index in [2.05, 4.69) is 4.98 Å². The van der Waals surface area contributed by atoms with Crippen LogP contribution in [0, 0.1) is 0 Å². The van der Waals surface area contributed by atoms with Gasteiger partial charge in [-0.1, -0.05) is 30.3 Å². The minimum absolute atomic E-state index is 0.153. The molecule has 0 fully saturated rings. The van der Waals surface area contributed by atoms with Gasteiger partial charge in [-0.15, -0.1) is 0 Å². The summed E-state index contributed by atoms with van der Waals surface area (Å²) in [5, 5.41) is 0. The summed E-state index contributed by atoms with van der Waals surface area (Å²) in [4.78, 5) is 3.56. The van der Waals surface area contributed by atoms with Crippen LogP contribution in [0.2, 0.25) is 0 Å². The maximum atomic E-state index is 12.5. The monoisotopic (exact) mass is 238 g/mol. The Morgan fingerprint density at radius 3 is 2.18 bits per heavy atom. The second kappa shape index (κ2) is 4.08. The van der Waals surface area contributed by atoms with Gasteiger partial charge in [0.1, 0.15) is 5.69 Å². The van der Waals surface area contributed by atoms with Crippen LogP contribution in [0.15, 0.2) is 42.5 Å². The molecule has 5 heteroatoms. The van der Waals surface area contributed by atoms with E-state index in [9.17, 15) is 13.2 Å². The van der Waals surface area contributed by atoms with Crippen molar-refractivity contribution in [3.8, 4) is 11.3 Å². The smallest absolute Gasteiger partial charge is 0.397 e. The number of hydrogen-bond acceptors (Lipinski definition) is 2. The second-order valence-corrected chi connectivity index (χ2v) is 3.50. The van der Waals surface area contributed by atoms with Crippen LogP contribution in [0.3, 0.4) is 0 Å². The van der Waals surface area contributed by atoms with Gasteiger partial charge in [0.15, 0.2) is 0 Å². The quantitative estimate of drug-likeness (QED) is 0.827. The Bertz CT molecular complexity index is 521. The lowest BCUT2D eigenvalue weighted by Crippen LogP contribution is -2.09. The zero-order valence-corrected chi connectivity index (χ0v) is 8.70. The second-order valence-electron chi connectivity index (χ2n) is 3.50. The molecule has 2 nitrogen and oxygen atoms in total. The Kier molecular flexibility index (Phi) is 2.75. The molecule has 1 aromatic carbocycles. The number of pyridine rings is 1. The van der Waals surface area contributed by atoms with Crippen LogP contribution < -0.4 is 5.73 Å². The molecule has 0 bridgehead atoms. The van der Waals surface area contributed by atoms with Gasteiger partial charge in [0, 0.05) is 5.56 Å². The molecule has 1 aromatic heterocycles. The van der Waals surface area contributed by atoms with Gasteiger partial charge < -0.3 is 5.73 Å². The molecule has 0 amide bonds. The normalized spacial score (nSPS) is 11.5. The number of benzene rings is 1. The molecule has 17 heavy (non-hydrogen) atoms. The Hall–Kier alpha value is -2.04. The highest BCUT2D eigenvalue weighted by molar-refractivity contribution is 5.72. The summed E-state index contributed by atoms with van der Waals surface area (Å²) in [7, 11) is 0. The van der Waals surface area contributed by atoms with E-state index in [0.29, 0.717) is 5.56 Å². The first-order valence-electron chi connectivity index (χ1n) is 4.87. The summed E-state index contributed by atoms with van der Waals surface area (Å²) >= 11 is 0. The van der Waals surface area contributed by atoms with Crippen molar-refractivity contribution in [3.05, 3.63) is 48.2 Å². The molecule has 0 unspecified atom stereocenters. The Labute approximate surface area is 95.9 Å². The van der Waals surface area contributed by atoms with Gasteiger partial charge in [-0.2, -0.15) is 13.2 Å². The minimum atomic E-state index is -4.46. The summed E-state index contributed by atoms with van der Waals surface area (Å²) < 4.78 is 37.5. The van der Waals surface area contributed by atoms with Crippen molar-refractivity contribution < 1.29 is 13.2 Å². The molecule has 0 atom stereocenters. The standard InChI is InChI=1S/C12H9F3N2/c13-12(14,15)10-7-6-9(16)11(17-10)8-4-2-1-3-5-8/h1-7H,16H2. The molecule has 0 radical (unpaired) electrons. The molecule has 0 aliphatic carbocycles. The fourth-order valence-corrected chi connectivity index (χ4v) is 1.46. The number of halogens is 3. The third-order valence-corrected chi connectivity index (χ3v) is 2.26. The summed E-state index contributed by atoms with van der Waals surface area (Å²) in [6.07, 6.45) is -4.46. The van der Waals surface area contributed by atoms with Gasteiger partial charge in [0.25, 0.3) is 0 Å². The van der Waals surface area contributed by atoms with E-state index in [4.69, 9.17) is 5.73 Å². The first-order valence-corrected chi connectivity index (χ1v) is 4.87. The lowest BCUT2D eigenvalue weighted by molar-refractivity contribution is -0.141. The van der Waals surface area contributed by atoms with E-state index in [0.717, 1.165) is 6.07 Å². The summed E-state index contributed by atoms with van der Waals surface area (Å²) in [6.45, 7) is 0. The first-order chi connectivity index (χ1) is 7.98. The SMILES string of the molecule is Nc1ccc(C(F)(F)F)nc1-c1ccccc1. The van der Waals surface area contributed by atoms with E-state index in [1.165, 1.54) is 6.07 Å². The van der Waals surface area contributed by atoms with E-state index in [1.807, 2.05) is 0 Å². The molecule has 88 valence electrons. The average Bonchev–Trinajstić information content (AvgIpc) is 2.29. The average molecular weight is 238 g/mol. The molecular formula is C12H9F3N2. The Balaban J connectivity index is 2.55. The Morgan fingerprint density at radius 2 is 1.59 bits per heavy atom. The number of nitrogens with zero attached hydrogens (tertiary/aromatic N) is 1. The molecule has 0 saturated carbocycles. The van der Waals surface area contributed by atoms with Crippen LogP contribution in [0.1, 0.15) is 5.69 Å². The number of rotatable bonds is 1. The number of alkyl halides is 3. The van der Waals surface area contributed by atoms with Crippen LogP contribution in [0.25, 0.3) is 11.3 Å². The molecule has 1 heterocycles. The van der Waals surface area contributed by atoms with Crippen molar-refractivity contribution in [2.45, 2.75) is 6.18 Å². The maximum Gasteiger partial charge on any atom is 0.433 e. The van der Waals surface area contributed by atoms with Gasteiger partial charge in [-0.25, -0.2) is 4.98 Å². The van der Waals surface area contributed by atoms with Crippen molar-refractivity contribution in [1.29, 1.82) is 0 Å². The van der Waals surface area contributed by atoms with Crippen LogP contribution in [-0.2, 0) is 6.18 Å². The van der Waals surface area contributed by atoms with Crippen molar-refractivity contribution >= 4 is 5.69 Å². The van der Waals surface area contributed by atoms with E-state index in [-0.39, 0.29) is 11.4 Å². The van der Waals surface area contributed by atoms with Gasteiger partial charge in [-0.05, 0) is 12.1 Å². The molecule has 0 saturated heterocycles. The van der Waals surface area contributed by atoms with Crippen molar-refractivity contribution in [3.63, 3.8) is 0 Å². The molecule has 2 rings (SSSR count). The van der Waals surface area contributed by atoms with Crippen molar-refractivity contribution in [1.82, 2.24) is 4.98 Å². The topological polar surface area (TPSA) is 38.9 Å². The fourth-order valence-electron chi connectivity index (χ4n) is 1.46. The van der Waals surface area contributed by atoms with Gasteiger partial charge in [0.05, 0.1) is 11.4 Å². The molecule has 0 aliphatic rings. The molecular weight excluding hydrogens is 229 g/mol.